The number of hydrogen-bond donors (Lipinski definition) is 1. The third-order valence-electron chi connectivity index (χ3n) is 2.49. The molecule has 0 fully saturated rings. The molecule has 0 aromatic carbocycles. The van der Waals surface area contributed by atoms with Crippen molar-refractivity contribution in [1.82, 2.24) is 9.55 Å². The fraction of sp³-hybridized carbons (Fsp3) is 0.615. The molecule has 1 heterocycles. The zero-order valence-corrected chi connectivity index (χ0v) is 12.6. The standard InChI is InChI=1S/C13H20N2O4S/c1-10(2)4-7-19-8-6-15-5-3-11(16)14-13(15)20-9-12(17)18/h3,5,10H,4,6-9H2,1-2H3,(H,17,18). The van der Waals surface area contributed by atoms with Crippen LogP contribution in [0.15, 0.2) is 22.2 Å². The van der Waals surface area contributed by atoms with E-state index in [1.165, 1.54) is 6.07 Å². The van der Waals surface area contributed by atoms with E-state index in [1.807, 2.05) is 0 Å². The fourth-order valence-corrected chi connectivity index (χ4v) is 2.13. The molecular formula is C13H20N2O4S. The SMILES string of the molecule is CC(C)CCOCCn1ccc(=O)nc1SCC(=O)O. The highest BCUT2D eigenvalue weighted by Gasteiger charge is 2.06. The van der Waals surface area contributed by atoms with Crippen molar-refractivity contribution < 1.29 is 14.6 Å². The zero-order chi connectivity index (χ0) is 15.0. The van der Waals surface area contributed by atoms with Crippen LogP contribution in [0.25, 0.3) is 0 Å². The Bertz CT molecular complexity index is 488. The number of thioether (sulfide) groups is 1. The number of carboxylic acid groups (broad SMARTS) is 1. The molecule has 0 atom stereocenters. The van der Waals surface area contributed by atoms with Gasteiger partial charge in [0.25, 0.3) is 5.56 Å². The smallest absolute Gasteiger partial charge is 0.313 e. The van der Waals surface area contributed by atoms with Gasteiger partial charge < -0.3 is 14.4 Å². The summed E-state index contributed by atoms with van der Waals surface area (Å²) in [6.45, 7) is 6.03. The van der Waals surface area contributed by atoms with Crippen LogP contribution >= 0.6 is 11.8 Å². The van der Waals surface area contributed by atoms with Gasteiger partial charge in [0.05, 0.1) is 12.4 Å². The highest BCUT2D eigenvalue weighted by molar-refractivity contribution is 7.99. The van der Waals surface area contributed by atoms with Gasteiger partial charge in [0, 0.05) is 25.4 Å². The van der Waals surface area contributed by atoms with Gasteiger partial charge in [-0.05, 0) is 12.3 Å². The monoisotopic (exact) mass is 300 g/mol. The van der Waals surface area contributed by atoms with Crippen molar-refractivity contribution in [3.8, 4) is 0 Å². The van der Waals surface area contributed by atoms with E-state index in [0.717, 1.165) is 18.2 Å². The molecule has 0 aliphatic rings. The van der Waals surface area contributed by atoms with Gasteiger partial charge in [-0.25, -0.2) is 0 Å². The van der Waals surface area contributed by atoms with Crippen molar-refractivity contribution in [2.45, 2.75) is 32.0 Å². The topological polar surface area (TPSA) is 81.4 Å². The molecule has 0 unspecified atom stereocenters. The molecule has 0 saturated heterocycles. The first-order chi connectivity index (χ1) is 9.49. The lowest BCUT2D eigenvalue weighted by atomic mass is 10.1. The summed E-state index contributed by atoms with van der Waals surface area (Å²) in [6.07, 6.45) is 2.62. The number of rotatable bonds is 9. The van der Waals surface area contributed by atoms with E-state index in [0.29, 0.717) is 30.8 Å². The van der Waals surface area contributed by atoms with Crippen LogP contribution in [-0.2, 0) is 16.1 Å². The van der Waals surface area contributed by atoms with E-state index < -0.39 is 5.97 Å². The quantitative estimate of drug-likeness (QED) is 0.423. The van der Waals surface area contributed by atoms with Crippen LogP contribution in [0.1, 0.15) is 20.3 Å². The molecule has 1 N–H and O–H groups in total. The Balaban J connectivity index is 2.51. The van der Waals surface area contributed by atoms with E-state index in [4.69, 9.17) is 9.84 Å². The number of ether oxygens (including phenoxy) is 1. The predicted molar refractivity (Wildman–Crippen MR) is 77.1 cm³/mol. The van der Waals surface area contributed by atoms with Crippen molar-refractivity contribution in [1.29, 1.82) is 0 Å². The Morgan fingerprint density at radius 1 is 1.50 bits per heavy atom. The highest BCUT2D eigenvalue weighted by Crippen LogP contribution is 2.13. The molecule has 0 saturated carbocycles. The lowest BCUT2D eigenvalue weighted by molar-refractivity contribution is -0.133. The minimum absolute atomic E-state index is 0.120. The Labute approximate surface area is 122 Å². The van der Waals surface area contributed by atoms with Crippen LogP contribution < -0.4 is 5.56 Å². The first-order valence-corrected chi connectivity index (χ1v) is 7.47. The molecule has 1 aromatic heterocycles. The summed E-state index contributed by atoms with van der Waals surface area (Å²) in [5, 5.41) is 9.08. The first kappa shape index (κ1) is 16.7. The summed E-state index contributed by atoms with van der Waals surface area (Å²) in [5.41, 5.74) is -0.366. The van der Waals surface area contributed by atoms with Crippen molar-refractivity contribution in [2.75, 3.05) is 19.0 Å². The third kappa shape index (κ3) is 6.72. The minimum atomic E-state index is -0.937. The molecule has 0 spiro atoms. The maximum Gasteiger partial charge on any atom is 0.313 e. The number of hydrogen-bond acceptors (Lipinski definition) is 5. The van der Waals surface area contributed by atoms with Crippen LogP contribution in [0.5, 0.6) is 0 Å². The second kappa shape index (κ2) is 8.76. The van der Waals surface area contributed by atoms with E-state index in [9.17, 15) is 9.59 Å². The average Bonchev–Trinajstić information content (AvgIpc) is 2.37. The molecule has 0 bridgehead atoms. The van der Waals surface area contributed by atoms with E-state index >= 15 is 0 Å². The third-order valence-corrected chi connectivity index (χ3v) is 3.46. The van der Waals surface area contributed by atoms with Gasteiger partial charge in [-0.3, -0.25) is 9.59 Å². The van der Waals surface area contributed by atoms with Gasteiger partial charge >= 0.3 is 5.97 Å². The number of aliphatic carboxylic acids is 1. The Morgan fingerprint density at radius 2 is 2.25 bits per heavy atom. The highest BCUT2D eigenvalue weighted by atomic mass is 32.2. The number of nitrogens with zero attached hydrogens (tertiary/aromatic N) is 2. The Morgan fingerprint density at radius 3 is 2.90 bits per heavy atom. The van der Waals surface area contributed by atoms with Gasteiger partial charge in [-0.1, -0.05) is 25.6 Å². The maximum atomic E-state index is 11.2. The van der Waals surface area contributed by atoms with Gasteiger partial charge in [-0.2, -0.15) is 4.98 Å². The van der Waals surface area contributed by atoms with Gasteiger partial charge in [0.1, 0.15) is 0 Å². The summed E-state index contributed by atoms with van der Waals surface area (Å²) in [5.74, 6) is -0.455. The number of carboxylic acids is 1. The number of aromatic nitrogens is 2. The van der Waals surface area contributed by atoms with Gasteiger partial charge in [0.2, 0.25) is 0 Å². The molecule has 7 heteroatoms. The van der Waals surface area contributed by atoms with E-state index in [-0.39, 0.29) is 11.3 Å². The first-order valence-electron chi connectivity index (χ1n) is 6.49. The Kier molecular flexibility index (Phi) is 7.32. The van der Waals surface area contributed by atoms with Crippen molar-refractivity contribution in [2.24, 2.45) is 5.92 Å². The summed E-state index contributed by atoms with van der Waals surface area (Å²) < 4.78 is 7.25. The summed E-state index contributed by atoms with van der Waals surface area (Å²) in [7, 11) is 0. The average molecular weight is 300 g/mol. The molecule has 0 aliphatic heterocycles. The van der Waals surface area contributed by atoms with Crippen LogP contribution in [0.4, 0.5) is 0 Å². The summed E-state index contributed by atoms with van der Waals surface area (Å²) in [4.78, 5) is 25.6. The second-order valence-corrected chi connectivity index (χ2v) is 5.66. The second-order valence-electron chi connectivity index (χ2n) is 4.72. The fourth-order valence-electron chi connectivity index (χ4n) is 1.41. The zero-order valence-electron chi connectivity index (χ0n) is 11.7. The molecule has 20 heavy (non-hydrogen) atoms. The number of carbonyl (C=O) groups is 1. The van der Waals surface area contributed by atoms with Crippen molar-refractivity contribution in [3.63, 3.8) is 0 Å². The molecule has 0 amide bonds. The molecule has 0 radical (unpaired) electrons. The van der Waals surface area contributed by atoms with Gasteiger partial charge in [0.15, 0.2) is 5.16 Å². The Hall–Kier alpha value is -1.34. The van der Waals surface area contributed by atoms with Crippen LogP contribution in [0.2, 0.25) is 0 Å². The largest absolute Gasteiger partial charge is 0.481 e. The molecule has 1 rings (SSSR count). The molecular weight excluding hydrogens is 280 g/mol. The maximum absolute atomic E-state index is 11.2. The van der Waals surface area contributed by atoms with Crippen molar-refractivity contribution in [3.05, 3.63) is 22.6 Å². The van der Waals surface area contributed by atoms with Crippen LogP contribution in [0.3, 0.4) is 0 Å². The minimum Gasteiger partial charge on any atom is -0.481 e. The summed E-state index contributed by atoms with van der Waals surface area (Å²) >= 11 is 1.03. The molecule has 1 aromatic rings. The van der Waals surface area contributed by atoms with Crippen molar-refractivity contribution >= 4 is 17.7 Å². The van der Waals surface area contributed by atoms with Crippen LogP contribution in [-0.4, -0.2) is 39.6 Å². The molecule has 112 valence electrons. The lowest BCUT2D eigenvalue weighted by Gasteiger charge is -2.11. The normalized spacial score (nSPS) is 10.9. The molecule has 6 nitrogen and oxygen atoms in total. The molecule has 0 aliphatic carbocycles. The van der Waals surface area contributed by atoms with Gasteiger partial charge in [-0.15, -0.1) is 0 Å². The van der Waals surface area contributed by atoms with E-state index in [2.05, 4.69) is 18.8 Å². The summed E-state index contributed by atoms with van der Waals surface area (Å²) in [6, 6.07) is 1.36. The predicted octanol–water partition coefficient (Wildman–Crippen LogP) is 1.48. The van der Waals surface area contributed by atoms with Crippen LogP contribution in [0, 0.1) is 5.92 Å². The van der Waals surface area contributed by atoms with E-state index in [1.54, 1.807) is 10.8 Å². The lowest BCUT2D eigenvalue weighted by Crippen LogP contribution is -2.16.